The summed E-state index contributed by atoms with van der Waals surface area (Å²) in [4.78, 5) is 35.6. The van der Waals surface area contributed by atoms with Crippen LogP contribution in [0.3, 0.4) is 0 Å². The van der Waals surface area contributed by atoms with E-state index in [9.17, 15) is 9.59 Å². The predicted molar refractivity (Wildman–Crippen MR) is 95.8 cm³/mol. The Kier molecular flexibility index (Phi) is 4.29. The van der Waals surface area contributed by atoms with Crippen LogP contribution in [0, 0.1) is 0 Å². The average Bonchev–Trinajstić information content (AvgIpc) is 2.70. The van der Waals surface area contributed by atoms with Crippen molar-refractivity contribution in [2.75, 3.05) is 11.4 Å². The fraction of sp³-hybridized carbons (Fsp3) is 0.368. The molecule has 0 saturated carbocycles. The normalized spacial score (nSPS) is 17.5. The summed E-state index contributed by atoms with van der Waals surface area (Å²) in [7, 11) is 0. The summed E-state index contributed by atoms with van der Waals surface area (Å²) in [6, 6.07) is 6.97. The molecule has 0 bridgehead atoms. The van der Waals surface area contributed by atoms with Gasteiger partial charge in [-0.25, -0.2) is 9.97 Å². The largest absolute Gasteiger partial charge is 0.348 e. The highest BCUT2D eigenvalue weighted by Crippen LogP contribution is 2.25. The fourth-order valence-corrected chi connectivity index (χ4v) is 2.79. The van der Waals surface area contributed by atoms with E-state index in [-0.39, 0.29) is 23.3 Å². The zero-order chi connectivity index (χ0) is 18.2. The Balaban J connectivity index is 1.98. The monoisotopic (exact) mass is 338 g/mol. The van der Waals surface area contributed by atoms with Gasteiger partial charge in [0.2, 0.25) is 0 Å². The van der Waals surface area contributed by atoms with Crippen LogP contribution in [0.2, 0.25) is 0 Å². The number of aromatic nitrogens is 2. The van der Waals surface area contributed by atoms with Gasteiger partial charge in [-0.05, 0) is 19.1 Å². The fourth-order valence-electron chi connectivity index (χ4n) is 2.79. The van der Waals surface area contributed by atoms with Crippen LogP contribution in [0.25, 0.3) is 0 Å². The summed E-state index contributed by atoms with van der Waals surface area (Å²) >= 11 is 0. The van der Waals surface area contributed by atoms with Crippen molar-refractivity contribution in [3.63, 3.8) is 0 Å². The first-order valence-electron chi connectivity index (χ1n) is 8.31. The minimum atomic E-state index is -0.212. The first kappa shape index (κ1) is 17.1. The highest BCUT2D eigenvalue weighted by atomic mass is 16.2. The van der Waals surface area contributed by atoms with Crippen molar-refractivity contribution in [2.45, 2.75) is 39.2 Å². The van der Waals surface area contributed by atoms with Gasteiger partial charge >= 0.3 is 0 Å². The number of nitrogens with zero attached hydrogens (tertiary/aromatic N) is 3. The molecule has 0 unspecified atom stereocenters. The van der Waals surface area contributed by atoms with Gasteiger partial charge in [-0.2, -0.15) is 0 Å². The molecule has 2 amide bonds. The van der Waals surface area contributed by atoms with Gasteiger partial charge in [0.05, 0.1) is 16.8 Å². The summed E-state index contributed by atoms with van der Waals surface area (Å²) < 4.78 is 0. The summed E-state index contributed by atoms with van der Waals surface area (Å²) in [5, 5.41) is 2.90. The number of anilines is 1. The number of rotatable bonds is 1. The summed E-state index contributed by atoms with van der Waals surface area (Å²) in [5.41, 5.74) is 1.33. The summed E-state index contributed by atoms with van der Waals surface area (Å²) in [6.07, 6.45) is 3.12. The van der Waals surface area contributed by atoms with E-state index < -0.39 is 0 Å². The Morgan fingerprint density at radius 3 is 2.48 bits per heavy atom. The minimum Gasteiger partial charge on any atom is -0.348 e. The third-order valence-electron chi connectivity index (χ3n) is 4.09. The molecule has 1 atom stereocenters. The first-order valence-corrected chi connectivity index (χ1v) is 8.31. The summed E-state index contributed by atoms with van der Waals surface area (Å²) in [5.74, 6) is 0.305. The van der Waals surface area contributed by atoms with E-state index >= 15 is 0 Å². The van der Waals surface area contributed by atoms with E-state index in [0.717, 1.165) is 0 Å². The molecule has 1 aromatic heterocycles. The molecule has 0 aliphatic carbocycles. The molecule has 25 heavy (non-hydrogen) atoms. The van der Waals surface area contributed by atoms with Gasteiger partial charge in [0.1, 0.15) is 5.82 Å². The maximum absolute atomic E-state index is 13.0. The third-order valence-corrected chi connectivity index (χ3v) is 4.09. The van der Waals surface area contributed by atoms with Gasteiger partial charge in [0.25, 0.3) is 11.8 Å². The molecule has 1 aliphatic heterocycles. The number of para-hydroxylation sites is 1. The highest BCUT2D eigenvalue weighted by molar-refractivity contribution is 6.11. The van der Waals surface area contributed by atoms with Crippen LogP contribution in [-0.2, 0) is 5.41 Å². The van der Waals surface area contributed by atoms with Crippen molar-refractivity contribution in [3.05, 3.63) is 53.6 Å². The molecule has 1 aromatic carbocycles. The predicted octanol–water partition coefficient (Wildman–Crippen LogP) is 2.55. The van der Waals surface area contributed by atoms with Gasteiger partial charge in [-0.15, -0.1) is 0 Å². The molecule has 2 aromatic rings. The standard InChI is InChI=1S/C19H22N4O2/c1-12-11-23(15-8-6-5-7-14(15)16(24)22-12)17(25)13-9-20-18(21-10-13)19(2,3)4/h5-10,12H,11H2,1-4H3,(H,22,24)/t12-/m0/s1. The zero-order valence-electron chi connectivity index (χ0n) is 14.9. The Morgan fingerprint density at radius 2 is 1.84 bits per heavy atom. The van der Waals surface area contributed by atoms with Gasteiger partial charge in [0, 0.05) is 30.4 Å². The first-order chi connectivity index (χ1) is 11.8. The number of fused-ring (bicyclic) bond motifs is 1. The minimum absolute atomic E-state index is 0.154. The van der Waals surface area contributed by atoms with Crippen LogP contribution < -0.4 is 10.2 Å². The SMILES string of the molecule is C[C@H]1CN(C(=O)c2cnc(C(C)(C)C)nc2)c2ccccc2C(=O)N1. The molecule has 1 N–H and O–H groups in total. The Morgan fingerprint density at radius 1 is 1.20 bits per heavy atom. The summed E-state index contributed by atoms with van der Waals surface area (Å²) in [6.45, 7) is 8.33. The molecule has 3 rings (SSSR count). The van der Waals surface area contributed by atoms with E-state index in [1.165, 1.54) is 0 Å². The molecule has 0 saturated heterocycles. The lowest BCUT2D eigenvalue weighted by molar-refractivity contribution is 0.0939. The van der Waals surface area contributed by atoms with Crippen LogP contribution in [0.1, 0.15) is 54.2 Å². The van der Waals surface area contributed by atoms with Gasteiger partial charge in [-0.1, -0.05) is 32.9 Å². The number of hydrogen-bond acceptors (Lipinski definition) is 4. The van der Waals surface area contributed by atoms with Crippen LogP contribution in [0.15, 0.2) is 36.7 Å². The topological polar surface area (TPSA) is 75.2 Å². The maximum Gasteiger partial charge on any atom is 0.261 e. The van der Waals surface area contributed by atoms with Crippen LogP contribution in [-0.4, -0.2) is 34.4 Å². The second kappa shape index (κ2) is 6.27. The second-order valence-corrected chi connectivity index (χ2v) is 7.35. The van der Waals surface area contributed by atoms with Crippen molar-refractivity contribution in [1.82, 2.24) is 15.3 Å². The molecular weight excluding hydrogens is 316 g/mol. The van der Waals surface area contributed by atoms with Gasteiger partial charge in [-0.3, -0.25) is 9.59 Å². The van der Waals surface area contributed by atoms with Crippen molar-refractivity contribution in [1.29, 1.82) is 0 Å². The molecular formula is C19H22N4O2. The van der Waals surface area contributed by atoms with Gasteiger partial charge in [0.15, 0.2) is 0 Å². The molecule has 0 spiro atoms. The highest BCUT2D eigenvalue weighted by Gasteiger charge is 2.29. The quantitative estimate of drug-likeness (QED) is 0.867. The van der Waals surface area contributed by atoms with E-state index in [0.29, 0.717) is 29.2 Å². The molecule has 0 radical (unpaired) electrons. The van der Waals surface area contributed by atoms with Crippen molar-refractivity contribution < 1.29 is 9.59 Å². The lowest BCUT2D eigenvalue weighted by Gasteiger charge is -2.24. The number of nitrogens with one attached hydrogen (secondary N) is 1. The maximum atomic E-state index is 13.0. The molecule has 0 fully saturated rings. The second-order valence-electron chi connectivity index (χ2n) is 7.35. The Labute approximate surface area is 147 Å². The van der Waals surface area contributed by atoms with Crippen LogP contribution in [0.4, 0.5) is 5.69 Å². The zero-order valence-corrected chi connectivity index (χ0v) is 14.9. The van der Waals surface area contributed by atoms with Crippen LogP contribution >= 0.6 is 0 Å². The lowest BCUT2D eigenvalue weighted by Crippen LogP contribution is -2.41. The molecule has 2 heterocycles. The molecule has 6 heteroatoms. The van der Waals surface area contributed by atoms with E-state index in [2.05, 4.69) is 15.3 Å². The van der Waals surface area contributed by atoms with E-state index in [1.807, 2.05) is 33.8 Å². The third kappa shape index (κ3) is 3.38. The number of hydrogen-bond donors (Lipinski definition) is 1. The number of carbonyl (C=O) groups excluding carboxylic acids is 2. The average molecular weight is 338 g/mol. The molecule has 130 valence electrons. The molecule has 1 aliphatic rings. The van der Waals surface area contributed by atoms with Gasteiger partial charge < -0.3 is 10.2 Å². The van der Waals surface area contributed by atoms with Crippen LogP contribution in [0.5, 0.6) is 0 Å². The Hall–Kier alpha value is -2.76. The van der Waals surface area contributed by atoms with E-state index in [1.54, 1.807) is 35.5 Å². The van der Waals surface area contributed by atoms with E-state index in [4.69, 9.17) is 0 Å². The van der Waals surface area contributed by atoms with Crippen molar-refractivity contribution in [3.8, 4) is 0 Å². The number of carbonyl (C=O) groups is 2. The smallest absolute Gasteiger partial charge is 0.261 e. The number of benzene rings is 1. The van der Waals surface area contributed by atoms with Crippen molar-refractivity contribution in [2.24, 2.45) is 0 Å². The number of amides is 2. The lowest BCUT2D eigenvalue weighted by atomic mass is 9.96. The molecule has 6 nitrogen and oxygen atoms in total. The Bertz CT molecular complexity index is 809. The van der Waals surface area contributed by atoms with Crippen molar-refractivity contribution >= 4 is 17.5 Å².